The number of nitrogens with zero attached hydrogens (tertiary/aromatic N) is 2. The molecule has 0 bridgehead atoms. The molecule has 0 aromatic heterocycles. The Kier molecular flexibility index (Phi) is 3.93. The maximum absolute atomic E-state index is 5.73. The van der Waals surface area contributed by atoms with Gasteiger partial charge in [-0.25, -0.2) is 0 Å². The minimum absolute atomic E-state index is 0.154. The van der Waals surface area contributed by atoms with Gasteiger partial charge in [0.25, 0.3) is 0 Å². The zero-order valence-electron chi connectivity index (χ0n) is 10.7. The largest absolute Gasteiger partial charge is 0.488 e. The van der Waals surface area contributed by atoms with Gasteiger partial charge in [0.15, 0.2) is 0 Å². The normalized spacial score (nSPS) is 11.8. The molecule has 88 valence electrons. The van der Waals surface area contributed by atoms with Crippen molar-refractivity contribution in [1.82, 2.24) is 5.01 Å². The standard InChI is InChI=1S/C13H20N2O/c1-13(2,3)16-12-8-6-11(7-9-12)10-14-15(4)5/h6-10H,1-5H3/b14-10+. The monoisotopic (exact) mass is 220 g/mol. The molecule has 1 rings (SSSR count). The van der Waals surface area contributed by atoms with Crippen molar-refractivity contribution in [3.8, 4) is 5.75 Å². The summed E-state index contributed by atoms with van der Waals surface area (Å²) in [5.41, 5.74) is 0.911. The van der Waals surface area contributed by atoms with E-state index in [1.54, 1.807) is 5.01 Å². The van der Waals surface area contributed by atoms with Gasteiger partial charge < -0.3 is 9.75 Å². The lowest BCUT2D eigenvalue weighted by Gasteiger charge is -2.21. The van der Waals surface area contributed by atoms with Crippen molar-refractivity contribution in [2.75, 3.05) is 14.1 Å². The molecule has 3 heteroatoms. The SMILES string of the molecule is CN(C)/N=C/c1ccc(OC(C)(C)C)cc1. The molecule has 1 aromatic rings. The van der Waals surface area contributed by atoms with Crippen LogP contribution in [0.4, 0.5) is 0 Å². The average Bonchev–Trinajstić information content (AvgIpc) is 2.14. The van der Waals surface area contributed by atoms with Crippen molar-refractivity contribution >= 4 is 6.21 Å². The molecule has 0 amide bonds. The summed E-state index contributed by atoms with van der Waals surface area (Å²) >= 11 is 0. The molecule has 0 fully saturated rings. The van der Waals surface area contributed by atoms with E-state index in [0.29, 0.717) is 0 Å². The van der Waals surface area contributed by atoms with Gasteiger partial charge in [0.05, 0.1) is 6.21 Å². The second kappa shape index (κ2) is 5.01. The van der Waals surface area contributed by atoms with Gasteiger partial charge >= 0.3 is 0 Å². The van der Waals surface area contributed by atoms with E-state index in [1.807, 2.05) is 65.3 Å². The Morgan fingerprint density at radius 2 is 1.69 bits per heavy atom. The van der Waals surface area contributed by atoms with Gasteiger partial charge in [-0.2, -0.15) is 5.10 Å². The quantitative estimate of drug-likeness (QED) is 0.578. The van der Waals surface area contributed by atoms with Crippen LogP contribution in [0.1, 0.15) is 26.3 Å². The van der Waals surface area contributed by atoms with E-state index in [0.717, 1.165) is 11.3 Å². The van der Waals surface area contributed by atoms with E-state index in [4.69, 9.17) is 4.74 Å². The van der Waals surface area contributed by atoms with E-state index in [1.165, 1.54) is 0 Å². The van der Waals surface area contributed by atoms with Crippen LogP contribution < -0.4 is 4.74 Å². The van der Waals surface area contributed by atoms with E-state index < -0.39 is 0 Å². The molecule has 0 aliphatic rings. The first-order valence-electron chi connectivity index (χ1n) is 5.37. The van der Waals surface area contributed by atoms with Crippen LogP contribution in [0, 0.1) is 0 Å². The molecule has 0 saturated carbocycles. The number of hydrogen-bond acceptors (Lipinski definition) is 3. The molecule has 0 N–H and O–H groups in total. The van der Waals surface area contributed by atoms with Crippen LogP contribution in [0.2, 0.25) is 0 Å². The van der Waals surface area contributed by atoms with E-state index in [9.17, 15) is 0 Å². The summed E-state index contributed by atoms with van der Waals surface area (Å²) in [6, 6.07) is 7.91. The number of hydrazone groups is 1. The summed E-state index contributed by atoms with van der Waals surface area (Å²) in [5.74, 6) is 0.884. The van der Waals surface area contributed by atoms with Gasteiger partial charge in [-0.3, -0.25) is 0 Å². The molecular weight excluding hydrogens is 200 g/mol. The summed E-state index contributed by atoms with van der Waals surface area (Å²) in [5, 5.41) is 5.93. The molecule has 0 spiro atoms. The maximum atomic E-state index is 5.73. The Balaban J connectivity index is 2.68. The molecule has 0 aliphatic carbocycles. The number of hydrogen-bond donors (Lipinski definition) is 0. The number of benzene rings is 1. The zero-order chi connectivity index (χ0) is 12.2. The Morgan fingerprint density at radius 1 is 1.12 bits per heavy atom. The van der Waals surface area contributed by atoms with Gasteiger partial charge in [-0.05, 0) is 50.6 Å². The first-order valence-corrected chi connectivity index (χ1v) is 5.37. The molecule has 3 nitrogen and oxygen atoms in total. The molecule has 0 saturated heterocycles. The minimum Gasteiger partial charge on any atom is -0.488 e. The summed E-state index contributed by atoms with van der Waals surface area (Å²) in [7, 11) is 3.79. The lowest BCUT2D eigenvalue weighted by Crippen LogP contribution is -2.22. The smallest absolute Gasteiger partial charge is 0.120 e. The lowest BCUT2D eigenvalue weighted by molar-refractivity contribution is 0.131. The van der Waals surface area contributed by atoms with Gasteiger partial charge in [-0.1, -0.05) is 0 Å². The van der Waals surface area contributed by atoms with Crippen LogP contribution in [-0.2, 0) is 0 Å². The lowest BCUT2D eigenvalue weighted by atomic mass is 10.2. The van der Waals surface area contributed by atoms with Crippen molar-refractivity contribution in [1.29, 1.82) is 0 Å². The number of ether oxygens (including phenoxy) is 1. The molecule has 0 heterocycles. The van der Waals surface area contributed by atoms with Crippen LogP contribution in [-0.4, -0.2) is 30.9 Å². The van der Waals surface area contributed by atoms with E-state index >= 15 is 0 Å². The van der Waals surface area contributed by atoms with Gasteiger partial charge in [0.1, 0.15) is 11.4 Å². The Bertz CT molecular complexity index is 347. The second-order valence-electron chi connectivity index (χ2n) is 4.88. The zero-order valence-corrected chi connectivity index (χ0v) is 10.7. The summed E-state index contributed by atoms with van der Waals surface area (Å²) < 4.78 is 5.73. The van der Waals surface area contributed by atoms with Crippen molar-refractivity contribution in [2.45, 2.75) is 26.4 Å². The Labute approximate surface area is 97.7 Å². The average molecular weight is 220 g/mol. The Morgan fingerprint density at radius 3 is 2.12 bits per heavy atom. The van der Waals surface area contributed by atoms with Gasteiger partial charge in [0, 0.05) is 14.1 Å². The van der Waals surface area contributed by atoms with Crippen molar-refractivity contribution < 1.29 is 4.74 Å². The van der Waals surface area contributed by atoms with E-state index in [2.05, 4.69) is 5.10 Å². The molecule has 1 aromatic carbocycles. The highest BCUT2D eigenvalue weighted by Gasteiger charge is 2.10. The first kappa shape index (κ1) is 12.6. The van der Waals surface area contributed by atoms with E-state index in [-0.39, 0.29) is 5.60 Å². The fourth-order valence-corrected chi connectivity index (χ4v) is 1.16. The third kappa shape index (κ3) is 4.82. The molecule has 16 heavy (non-hydrogen) atoms. The Hall–Kier alpha value is -1.51. The summed E-state index contributed by atoms with van der Waals surface area (Å²) in [4.78, 5) is 0. The molecular formula is C13H20N2O. The van der Waals surface area contributed by atoms with Crippen LogP contribution in [0.5, 0.6) is 5.75 Å². The topological polar surface area (TPSA) is 24.8 Å². The fraction of sp³-hybridized carbons (Fsp3) is 0.462. The third-order valence-electron chi connectivity index (χ3n) is 1.74. The summed E-state index contributed by atoms with van der Waals surface area (Å²) in [6.07, 6.45) is 1.82. The minimum atomic E-state index is -0.154. The maximum Gasteiger partial charge on any atom is 0.120 e. The molecule has 0 aliphatic heterocycles. The molecule has 0 radical (unpaired) electrons. The molecule has 0 unspecified atom stereocenters. The third-order valence-corrected chi connectivity index (χ3v) is 1.74. The first-order chi connectivity index (χ1) is 7.37. The highest BCUT2D eigenvalue weighted by molar-refractivity contribution is 5.79. The predicted molar refractivity (Wildman–Crippen MR) is 68.1 cm³/mol. The van der Waals surface area contributed by atoms with Crippen molar-refractivity contribution in [3.63, 3.8) is 0 Å². The van der Waals surface area contributed by atoms with Crippen molar-refractivity contribution in [3.05, 3.63) is 29.8 Å². The highest BCUT2D eigenvalue weighted by Crippen LogP contribution is 2.17. The van der Waals surface area contributed by atoms with Gasteiger partial charge in [-0.15, -0.1) is 0 Å². The van der Waals surface area contributed by atoms with Crippen LogP contribution in [0.15, 0.2) is 29.4 Å². The highest BCUT2D eigenvalue weighted by atomic mass is 16.5. The van der Waals surface area contributed by atoms with Crippen molar-refractivity contribution in [2.24, 2.45) is 5.10 Å². The predicted octanol–water partition coefficient (Wildman–Crippen LogP) is 2.76. The van der Waals surface area contributed by atoms with Crippen LogP contribution >= 0.6 is 0 Å². The number of rotatable bonds is 3. The fourth-order valence-electron chi connectivity index (χ4n) is 1.16. The van der Waals surface area contributed by atoms with Gasteiger partial charge in [0.2, 0.25) is 0 Å². The molecule has 0 atom stereocenters. The van der Waals surface area contributed by atoms with Crippen LogP contribution in [0.25, 0.3) is 0 Å². The second-order valence-corrected chi connectivity index (χ2v) is 4.88. The van der Waals surface area contributed by atoms with Crippen LogP contribution in [0.3, 0.4) is 0 Å². The summed E-state index contributed by atoms with van der Waals surface area (Å²) in [6.45, 7) is 6.11.